The van der Waals surface area contributed by atoms with Gasteiger partial charge in [-0.25, -0.2) is 0 Å². The van der Waals surface area contributed by atoms with Gasteiger partial charge in [-0.15, -0.1) is 4.98 Å². The summed E-state index contributed by atoms with van der Waals surface area (Å²) in [7, 11) is -3.48. The van der Waals surface area contributed by atoms with Crippen LogP contribution in [0.4, 0.5) is 5.82 Å². The molecule has 0 amide bonds. The van der Waals surface area contributed by atoms with Crippen LogP contribution in [-0.4, -0.2) is 18.2 Å². The maximum atomic E-state index is 12.9. The normalized spacial score (nSPS) is 12.2. The number of aromatic nitrogens is 1. The lowest BCUT2D eigenvalue weighted by Gasteiger charge is -2.23. The van der Waals surface area contributed by atoms with Gasteiger partial charge in [-0.1, -0.05) is 27.3 Å². The first-order valence-corrected chi connectivity index (χ1v) is 8.53. The smallest absolute Gasteiger partial charge is 0.360 e. The molecule has 0 aliphatic rings. The molecule has 1 aromatic heterocycles. The lowest BCUT2D eigenvalue weighted by Crippen LogP contribution is -2.21. The Bertz CT molecular complexity index is 590. The van der Waals surface area contributed by atoms with Crippen LogP contribution in [0.25, 0.3) is 4.85 Å². The molecule has 0 N–H and O–H groups in total. The van der Waals surface area contributed by atoms with Crippen molar-refractivity contribution in [3.05, 3.63) is 28.6 Å². The summed E-state index contributed by atoms with van der Waals surface area (Å²) in [5.74, 6) is 0.247. The van der Waals surface area contributed by atoms with E-state index in [1.165, 1.54) is 0 Å². The van der Waals surface area contributed by atoms with E-state index in [1.54, 1.807) is 19.9 Å². The van der Waals surface area contributed by atoms with Gasteiger partial charge in [0.25, 0.3) is 5.82 Å². The third kappa shape index (κ3) is 3.91. The van der Waals surface area contributed by atoms with Crippen LogP contribution < -0.4 is 5.44 Å². The number of rotatable bonds is 5. The number of hydrogen-bond acceptors (Lipinski definition) is 4. The van der Waals surface area contributed by atoms with Crippen LogP contribution in [0.5, 0.6) is 0 Å². The first-order chi connectivity index (χ1) is 9.69. The van der Waals surface area contributed by atoms with Crippen LogP contribution in [-0.2, 0) is 19.0 Å². The fourth-order valence-corrected chi connectivity index (χ4v) is 3.64. The lowest BCUT2D eigenvalue weighted by molar-refractivity contribution is 0.229. The van der Waals surface area contributed by atoms with E-state index in [2.05, 4.69) is 9.83 Å². The van der Waals surface area contributed by atoms with Crippen molar-refractivity contribution < 1.29 is 13.6 Å². The largest absolute Gasteiger partial charge is 0.402 e. The van der Waals surface area contributed by atoms with Gasteiger partial charge in [-0.2, -0.15) is 0 Å². The molecule has 0 aliphatic heterocycles. The van der Waals surface area contributed by atoms with Crippen LogP contribution in [0, 0.1) is 13.5 Å². The SMILES string of the molecule is [C-]#[N+]c1nc(P(=O)(OCC)OCC)cc(C(C)(C)C)c1C. The molecule has 0 unspecified atom stereocenters. The topological polar surface area (TPSA) is 52.8 Å². The van der Waals surface area contributed by atoms with Gasteiger partial charge >= 0.3 is 7.60 Å². The van der Waals surface area contributed by atoms with Gasteiger partial charge in [0.1, 0.15) is 0 Å². The Morgan fingerprint density at radius 2 is 1.81 bits per heavy atom. The summed E-state index contributed by atoms with van der Waals surface area (Å²) < 4.78 is 23.5. The average Bonchev–Trinajstić information content (AvgIpc) is 2.38. The molecule has 1 rings (SSSR count). The Morgan fingerprint density at radius 3 is 2.19 bits per heavy atom. The monoisotopic (exact) mass is 310 g/mol. The van der Waals surface area contributed by atoms with E-state index in [4.69, 9.17) is 15.6 Å². The zero-order chi connectivity index (χ0) is 16.3. The Balaban J connectivity index is 3.57. The standard InChI is InChI=1S/C15H23N2O3P/c1-8-19-21(18,20-9-2)13-10-12(15(4,5)6)11(3)14(16-7)17-13/h10H,8-9H2,1-6H3. The second kappa shape index (κ2) is 6.70. The highest BCUT2D eigenvalue weighted by Crippen LogP contribution is 2.47. The minimum atomic E-state index is -3.48. The van der Waals surface area contributed by atoms with Crippen LogP contribution >= 0.6 is 7.60 Å². The minimum Gasteiger partial charge on any atom is -0.360 e. The van der Waals surface area contributed by atoms with E-state index in [1.807, 2.05) is 27.7 Å². The summed E-state index contributed by atoms with van der Waals surface area (Å²) in [6.45, 7) is 19.3. The van der Waals surface area contributed by atoms with Crippen molar-refractivity contribution in [2.45, 2.75) is 47.0 Å². The fourth-order valence-electron chi connectivity index (χ4n) is 2.12. The third-order valence-electron chi connectivity index (χ3n) is 3.03. The van der Waals surface area contributed by atoms with Crippen molar-refractivity contribution in [2.75, 3.05) is 13.2 Å². The molecule has 0 aliphatic carbocycles. The van der Waals surface area contributed by atoms with Crippen molar-refractivity contribution in [3.63, 3.8) is 0 Å². The van der Waals surface area contributed by atoms with E-state index in [0.29, 0.717) is 0 Å². The van der Waals surface area contributed by atoms with E-state index in [9.17, 15) is 4.57 Å². The molecule has 0 spiro atoms. The van der Waals surface area contributed by atoms with Crippen LogP contribution in [0.15, 0.2) is 6.07 Å². The summed E-state index contributed by atoms with van der Waals surface area (Å²) in [6, 6.07) is 1.75. The third-order valence-corrected chi connectivity index (χ3v) is 5.01. The Labute approximate surface area is 127 Å². The summed E-state index contributed by atoms with van der Waals surface area (Å²) in [5.41, 5.74) is 1.76. The van der Waals surface area contributed by atoms with Crippen molar-refractivity contribution >= 4 is 18.8 Å². The molecule has 0 aromatic carbocycles. The second-order valence-electron chi connectivity index (χ2n) is 5.67. The zero-order valence-corrected chi connectivity index (χ0v) is 14.5. The molecule has 1 heterocycles. The molecule has 0 atom stereocenters. The molecule has 0 radical (unpaired) electrons. The van der Waals surface area contributed by atoms with Crippen molar-refractivity contribution in [1.82, 2.24) is 4.98 Å². The summed E-state index contributed by atoms with van der Waals surface area (Å²) in [6.07, 6.45) is 0. The predicted octanol–water partition coefficient (Wildman–Crippen LogP) is 4.13. The van der Waals surface area contributed by atoms with Crippen molar-refractivity contribution in [3.8, 4) is 0 Å². The summed E-state index contributed by atoms with van der Waals surface area (Å²) in [4.78, 5) is 7.65. The number of pyridine rings is 1. The van der Waals surface area contributed by atoms with Gasteiger partial charge in [0.05, 0.1) is 13.2 Å². The van der Waals surface area contributed by atoms with Crippen molar-refractivity contribution in [2.24, 2.45) is 0 Å². The molecule has 21 heavy (non-hydrogen) atoms. The first-order valence-electron chi connectivity index (χ1n) is 6.98. The highest BCUT2D eigenvalue weighted by molar-refractivity contribution is 7.61. The molecule has 1 aromatic rings. The molecule has 5 nitrogen and oxygen atoms in total. The lowest BCUT2D eigenvalue weighted by atomic mass is 9.85. The molecule has 0 fully saturated rings. The van der Waals surface area contributed by atoms with E-state index < -0.39 is 7.60 Å². The van der Waals surface area contributed by atoms with E-state index >= 15 is 0 Å². The quantitative estimate of drug-likeness (QED) is 0.606. The van der Waals surface area contributed by atoms with Gasteiger partial charge in [0.15, 0.2) is 0 Å². The molecule has 0 saturated carbocycles. The zero-order valence-electron chi connectivity index (χ0n) is 13.6. The minimum absolute atomic E-state index is 0.190. The fraction of sp³-hybridized carbons (Fsp3) is 0.600. The van der Waals surface area contributed by atoms with E-state index in [-0.39, 0.29) is 29.9 Å². The van der Waals surface area contributed by atoms with Gasteiger partial charge in [-0.05, 0) is 43.4 Å². The maximum Gasteiger partial charge on any atom is 0.402 e. The van der Waals surface area contributed by atoms with Crippen LogP contribution in [0.2, 0.25) is 0 Å². The van der Waals surface area contributed by atoms with Gasteiger partial charge in [0, 0.05) is 0 Å². The molecule has 0 bridgehead atoms. The number of nitrogens with zero attached hydrogens (tertiary/aromatic N) is 2. The van der Waals surface area contributed by atoms with Gasteiger partial charge < -0.3 is 13.9 Å². The van der Waals surface area contributed by atoms with E-state index in [0.717, 1.165) is 11.1 Å². The second-order valence-corrected chi connectivity index (χ2v) is 7.64. The first kappa shape index (κ1) is 17.8. The highest BCUT2D eigenvalue weighted by Gasteiger charge is 2.35. The van der Waals surface area contributed by atoms with Crippen LogP contribution in [0.3, 0.4) is 0 Å². The molecular weight excluding hydrogens is 287 g/mol. The maximum absolute atomic E-state index is 12.9. The Morgan fingerprint density at radius 1 is 1.29 bits per heavy atom. The summed E-state index contributed by atoms with van der Waals surface area (Å²) >= 11 is 0. The van der Waals surface area contributed by atoms with Gasteiger partial charge in [0.2, 0.25) is 5.44 Å². The molecular formula is C15H23N2O3P. The van der Waals surface area contributed by atoms with Crippen LogP contribution in [0.1, 0.15) is 45.7 Å². The highest BCUT2D eigenvalue weighted by atomic mass is 31.2. The number of hydrogen-bond donors (Lipinski definition) is 0. The molecule has 6 heteroatoms. The molecule has 0 saturated heterocycles. The summed E-state index contributed by atoms with van der Waals surface area (Å²) in [5, 5.41) is 0. The molecule has 116 valence electrons. The Hall–Kier alpha value is -1.21. The van der Waals surface area contributed by atoms with Gasteiger partial charge in [-0.3, -0.25) is 4.57 Å². The van der Waals surface area contributed by atoms with Crippen molar-refractivity contribution in [1.29, 1.82) is 0 Å². The average molecular weight is 310 g/mol. The Kier molecular flexibility index (Phi) is 5.69. The predicted molar refractivity (Wildman–Crippen MR) is 84.4 cm³/mol.